The number of hydrogen-bond donors (Lipinski definition) is 1. The molecule has 1 N–H and O–H groups in total. The normalized spacial score (nSPS) is 23.0. The molecule has 2 fully saturated rings. The first-order valence-electron chi connectivity index (χ1n) is 9.32. The molecule has 0 amide bonds. The second kappa shape index (κ2) is 7.31. The quantitative estimate of drug-likeness (QED) is 0.741. The average molecular weight is 375 g/mol. The molecule has 2 unspecified atom stereocenters. The van der Waals surface area contributed by atoms with E-state index in [1.54, 1.807) is 12.1 Å². The molecule has 0 saturated heterocycles. The predicted molar refractivity (Wildman–Crippen MR) is 99.2 cm³/mol. The summed E-state index contributed by atoms with van der Waals surface area (Å²) in [5.74, 6) is 0.968. The van der Waals surface area contributed by atoms with Gasteiger partial charge in [-0.1, -0.05) is 24.4 Å². The van der Waals surface area contributed by atoms with Crippen LogP contribution in [0.15, 0.2) is 24.4 Å². The minimum absolute atomic E-state index is 0.118. The molecule has 0 spiro atoms. The topological polar surface area (TPSA) is 64.3 Å². The largest absolute Gasteiger partial charge is 0.505 e. The highest BCUT2D eigenvalue weighted by Gasteiger charge is 2.33. The number of phenols is 1. The Kier molecular flexibility index (Phi) is 4.90. The van der Waals surface area contributed by atoms with Crippen molar-refractivity contribution in [2.75, 3.05) is 6.61 Å². The molecule has 0 bridgehead atoms. The number of hydrogen-bond acceptors (Lipinski definition) is 4. The van der Waals surface area contributed by atoms with E-state index in [0.717, 1.165) is 12.8 Å². The van der Waals surface area contributed by atoms with Crippen molar-refractivity contribution in [1.82, 2.24) is 9.78 Å². The van der Waals surface area contributed by atoms with Gasteiger partial charge in [-0.3, -0.25) is 9.48 Å². The summed E-state index contributed by atoms with van der Waals surface area (Å²) >= 11 is 5.88. The molecule has 26 heavy (non-hydrogen) atoms. The first-order chi connectivity index (χ1) is 12.7. The molecule has 5 nitrogen and oxygen atoms in total. The zero-order valence-corrected chi connectivity index (χ0v) is 15.4. The third kappa shape index (κ3) is 3.32. The number of benzene rings is 1. The third-order valence-electron chi connectivity index (χ3n) is 5.58. The van der Waals surface area contributed by atoms with E-state index in [-0.39, 0.29) is 16.3 Å². The SMILES string of the molecule is O=Cc1c(OCC2CCCCC2c2ccnn2C2CC2)ccc(Cl)c1O. The highest BCUT2D eigenvalue weighted by Crippen LogP contribution is 2.43. The molecule has 0 aliphatic heterocycles. The minimum Gasteiger partial charge on any atom is -0.505 e. The van der Waals surface area contributed by atoms with Crippen molar-refractivity contribution < 1.29 is 14.6 Å². The predicted octanol–water partition coefficient (Wildman–Crippen LogP) is 4.74. The van der Waals surface area contributed by atoms with Gasteiger partial charge in [-0.2, -0.15) is 5.10 Å². The van der Waals surface area contributed by atoms with Crippen LogP contribution >= 0.6 is 11.6 Å². The van der Waals surface area contributed by atoms with Crippen LogP contribution < -0.4 is 4.74 Å². The maximum Gasteiger partial charge on any atom is 0.157 e. The van der Waals surface area contributed by atoms with E-state index in [4.69, 9.17) is 16.3 Å². The molecule has 2 saturated carbocycles. The van der Waals surface area contributed by atoms with Crippen molar-refractivity contribution in [1.29, 1.82) is 0 Å². The summed E-state index contributed by atoms with van der Waals surface area (Å²) in [6.45, 7) is 0.516. The van der Waals surface area contributed by atoms with Crippen LogP contribution in [0, 0.1) is 5.92 Å². The number of aromatic nitrogens is 2. The maximum absolute atomic E-state index is 11.3. The number of carbonyl (C=O) groups is 1. The summed E-state index contributed by atoms with van der Waals surface area (Å²) in [5.41, 5.74) is 1.43. The summed E-state index contributed by atoms with van der Waals surface area (Å²) in [5, 5.41) is 14.7. The fourth-order valence-electron chi connectivity index (χ4n) is 4.04. The fourth-order valence-corrected chi connectivity index (χ4v) is 4.20. The van der Waals surface area contributed by atoms with Crippen molar-refractivity contribution in [2.45, 2.75) is 50.5 Å². The van der Waals surface area contributed by atoms with Gasteiger partial charge in [0.1, 0.15) is 11.5 Å². The van der Waals surface area contributed by atoms with E-state index >= 15 is 0 Å². The van der Waals surface area contributed by atoms with Crippen LogP contribution in [-0.4, -0.2) is 27.8 Å². The molecule has 1 aromatic carbocycles. The van der Waals surface area contributed by atoms with Gasteiger partial charge in [-0.05, 0) is 43.9 Å². The number of halogens is 1. The molecule has 1 heterocycles. The Hall–Kier alpha value is -2.01. The van der Waals surface area contributed by atoms with Crippen LogP contribution in [0.2, 0.25) is 5.02 Å². The van der Waals surface area contributed by atoms with Gasteiger partial charge in [0.05, 0.1) is 23.2 Å². The molecule has 2 atom stereocenters. The lowest BCUT2D eigenvalue weighted by atomic mass is 9.78. The number of phenolic OH excluding ortho intramolecular Hbond substituents is 1. The Labute approximate surface area is 157 Å². The Morgan fingerprint density at radius 1 is 1.23 bits per heavy atom. The van der Waals surface area contributed by atoms with Crippen LogP contribution in [-0.2, 0) is 0 Å². The number of ether oxygens (including phenoxy) is 1. The van der Waals surface area contributed by atoms with Crippen molar-refractivity contribution in [3.63, 3.8) is 0 Å². The lowest BCUT2D eigenvalue weighted by molar-refractivity contribution is 0.111. The minimum atomic E-state index is -0.217. The van der Waals surface area contributed by atoms with Crippen molar-refractivity contribution in [3.8, 4) is 11.5 Å². The van der Waals surface area contributed by atoms with E-state index in [2.05, 4.69) is 15.8 Å². The fraction of sp³-hybridized carbons (Fsp3) is 0.500. The average Bonchev–Trinajstić information content (AvgIpc) is 3.39. The molecule has 0 radical (unpaired) electrons. The molecular formula is C20H23ClN2O3. The Morgan fingerprint density at radius 2 is 2.04 bits per heavy atom. The molecule has 1 aromatic heterocycles. The standard InChI is InChI=1S/C20H23ClN2O3/c21-17-7-8-19(16(11-24)20(17)25)26-12-13-3-1-2-4-15(13)18-9-10-22-23(18)14-5-6-14/h7-11,13-15,25H,1-6,12H2. The zero-order valence-electron chi connectivity index (χ0n) is 14.6. The van der Waals surface area contributed by atoms with E-state index in [9.17, 15) is 9.90 Å². The van der Waals surface area contributed by atoms with Gasteiger partial charge >= 0.3 is 0 Å². The molecule has 4 rings (SSSR count). The van der Waals surface area contributed by atoms with E-state index in [1.165, 1.54) is 31.4 Å². The van der Waals surface area contributed by atoms with Crippen molar-refractivity contribution >= 4 is 17.9 Å². The number of carbonyl (C=O) groups excluding carboxylic acids is 1. The van der Waals surface area contributed by atoms with Crippen molar-refractivity contribution in [2.24, 2.45) is 5.92 Å². The van der Waals surface area contributed by atoms with Crippen LogP contribution in [0.1, 0.15) is 66.5 Å². The van der Waals surface area contributed by atoms with Crippen LogP contribution in [0.25, 0.3) is 0 Å². The number of rotatable bonds is 6. The molecule has 2 aromatic rings. The van der Waals surface area contributed by atoms with Gasteiger partial charge < -0.3 is 9.84 Å². The summed E-state index contributed by atoms with van der Waals surface area (Å²) in [6.07, 6.45) is 9.58. The van der Waals surface area contributed by atoms with E-state index in [0.29, 0.717) is 36.5 Å². The highest BCUT2D eigenvalue weighted by molar-refractivity contribution is 6.32. The second-order valence-corrected chi connectivity index (χ2v) is 7.73. The van der Waals surface area contributed by atoms with Crippen molar-refractivity contribution in [3.05, 3.63) is 40.7 Å². The maximum atomic E-state index is 11.3. The van der Waals surface area contributed by atoms with E-state index in [1.807, 2.05) is 6.20 Å². The van der Waals surface area contributed by atoms with Gasteiger partial charge in [0.15, 0.2) is 6.29 Å². The zero-order chi connectivity index (χ0) is 18.1. The summed E-state index contributed by atoms with van der Waals surface area (Å²) in [6, 6.07) is 5.92. The third-order valence-corrected chi connectivity index (χ3v) is 5.89. The van der Waals surface area contributed by atoms with E-state index < -0.39 is 0 Å². The number of aromatic hydroxyl groups is 1. The van der Waals surface area contributed by atoms with Gasteiger partial charge in [0.25, 0.3) is 0 Å². The van der Waals surface area contributed by atoms with Gasteiger partial charge in [0.2, 0.25) is 0 Å². The summed E-state index contributed by atoms with van der Waals surface area (Å²) in [4.78, 5) is 11.3. The van der Waals surface area contributed by atoms with Crippen LogP contribution in [0.3, 0.4) is 0 Å². The molecule has 6 heteroatoms. The first kappa shape index (κ1) is 17.4. The molecular weight excluding hydrogens is 352 g/mol. The summed E-state index contributed by atoms with van der Waals surface area (Å²) in [7, 11) is 0. The lowest BCUT2D eigenvalue weighted by Gasteiger charge is -2.32. The van der Waals surface area contributed by atoms with Gasteiger partial charge in [-0.25, -0.2) is 0 Å². The Bertz CT molecular complexity index is 800. The van der Waals surface area contributed by atoms with Gasteiger partial charge in [-0.15, -0.1) is 0 Å². The Balaban J connectivity index is 1.52. The number of aldehydes is 1. The van der Waals surface area contributed by atoms with Crippen LogP contribution in [0.5, 0.6) is 11.5 Å². The second-order valence-electron chi connectivity index (χ2n) is 7.32. The molecule has 138 valence electrons. The smallest absolute Gasteiger partial charge is 0.157 e. The monoisotopic (exact) mass is 374 g/mol. The highest BCUT2D eigenvalue weighted by atomic mass is 35.5. The summed E-state index contributed by atoms with van der Waals surface area (Å²) < 4.78 is 8.17. The molecule has 2 aliphatic rings. The Morgan fingerprint density at radius 3 is 2.81 bits per heavy atom. The lowest BCUT2D eigenvalue weighted by Crippen LogP contribution is -2.26. The van der Waals surface area contributed by atoms with Gasteiger partial charge in [0, 0.05) is 23.7 Å². The first-order valence-corrected chi connectivity index (χ1v) is 9.69. The van der Waals surface area contributed by atoms with Crippen LogP contribution in [0.4, 0.5) is 0 Å². The molecule has 2 aliphatic carbocycles. The number of nitrogens with zero attached hydrogens (tertiary/aromatic N) is 2.